The molecule has 44 atom stereocenters. The minimum Gasteiger partial charge on any atom is -0.457 e. The summed E-state index contributed by atoms with van der Waals surface area (Å²) in [6, 6.07) is 0. The molecule has 0 aromatic carbocycles. The fourth-order valence-electron chi connectivity index (χ4n) is 22.7. The molecule has 0 radical (unpaired) electrons. The number of hydrogen-bond donors (Lipinski definition) is 12. The van der Waals surface area contributed by atoms with Crippen LogP contribution in [0.5, 0.6) is 0 Å². The van der Waals surface area contributed by atoms with Crippen molar-refractivity contribution in [1.29, 1.82) is 0 Å². The van der Waals surface area contributed by atoms with E-state index in [1.165, 1.54) is 0 Å². The first-order chi connectivity index (χ1) is 69.3. The van der Waals surface area contributed by atoms with Crippen molar-refractivity contribution < 1.29 is 118 Å². The maximum atomic E-state index is 12.6. The van der Waals surface area contributed by atoms with Crippen LogP contribution in [0.3, 0.4) is 0 Å². The molecular formula is C125H212O24. The number of methoxy groups -OCH3 is 4. The van der Waals surface area contributed by atoms with Crippen LogP contribution < -0.4 is 0 Å². The smallest absolute Gasteiger partial charge is 0.309 e. The van der Waals surface area contributed by atoms with E-state index in [-0.39, 0.29) is 129 Å². The van der Waals surface area contributed by atoms with Gasteiger partial charge >= 0.3 is 23.9 Å². The van der Waals surface area contributed by atoms with Crippen molar-refractivity contribution in [3.05, 3.63) is 144 Å². The number of carbonyl (C=O) groups is 4. The number of cyclic esters (lactones) is 4. The highest BCUT2D eigenvalue weighted by atomic mass is 16.6. The number of aliphatic hydroxyl groups excluding tert-OH is 8. The maximum Gasteiger partial charge on any atom is 0.309 e. The van der Waals surface area contributed by atoms with Crippen LogP contribution in [0, 0.1) is 142 Å². The maximum absolute atomic E-state index is 12.6. The first-order valence-electron chi connectivity index (χ1n) is 56.6. The average Bonchev–Trinajstić information content (AvgIpc) is 1.65. The zero-order valence-electron chi connectivity index (χ0n) is 97.0. The van der Waals surface area contributed by atoms with Crippen molar-refractivity contribution in [3.63, 3.8) is 0 Å². The van der Waals surface area contributed by atoms with Gasteiger partial charge in [0.15, 0.2) is 0 Å². The number of hydrogen-bond acceptors (Lipinski definition) is 24. The Labute approximate surface area is 901 Å². The molecule has 4 saturated carbocycles. The number of esters is 4. The van der Waals surface area contributed by atoms with Crippen molar-refractivity contribution in [2.24, 2.45) is 142 Å². The molecule has 8 aliphatic rings. The number of carbonyl (C=O) groups excluding carboxylic acids is 4. The Balaban J connectivity index is 0.000000413. The third-order valence-corrected chi connectivity index (χ3v) is 35.5. The zero-order valence-corrected chi connectivity index (χ0v) is 97.0. The van der Waals surface area contributed by atoms with Crippen LogP contribution in [0.15, 0.2) is 144 Å². The summed E-state index contributed by atoms with van der Waals surface area (Å²) >= 11 is 0. The van der Waals surface area contributed by atoms with Crippen LogP contribution >= 0.6 is 0 Å². The predicted octanol–water partition coefficient (Wildman–Crippen LogP) is 21.5. The molecule has 0 saturated heterocycles. The Kier molecular flexibility index (Phi) is 58.3. The van der Waals surface area contributed by atoms with Crippen LogP contribution in [0.25, 0.3) is 0 Å². The first-order valence-corrected chi connectivity index (χ1v) is 56.6. The molecule has 12 N–H and O–H groups in total. The Bertz CT molecular complexity index is 3780. The van der Waals surface area contributed by atoms with Gasteiger partial charge in [0.05, 0.1) is 121 Å². The summed E-state index contributed by atoms with van der Waals surface area (Å²) in [6.45, 7) is 56.2. The van der Waals surface area contributed by atoms with E-state index in [4.69, 9.17) is 37.9 Å². The van der Waals surface area contributed by atoms with Gasteiger partial charge in [-0.15, -0.1) is 0 Å². The van der Waals surface area contributed by atoms with Crippen molar-refractivity contribution in [2.75, 3.05) is 28.4 Å². The zero-order chi connectivity index (χ0) is 112. The largest absolute Gasteiger partial charge is 0.457 e. The molecule has 0 amide bonds. The highest BCUT2D eigenvalue weighted by molar-refractivity contribution is 5.72. The van der Waals surface area contributed by atoms with Gasteiger partial charge in [-0.3, -0.25) is 19.2 Å². The van der Waals surface area contributed by atoms with Gasteiger partial charge in [0, 0.05) is 99.5 Å². The van der Waals surface area contributed by atoms with E-state index in [2.05, 4.69) is 55.4 Å². The molecule has 4 aliphatic heterocycles. The highest BCUT2D eigenvalue weighted by Gasteiger charge is 2.53. The Morgan fingerprint density at radius 3 is 0.644 bits per heavy atom. The molecule has 4 heterocycles. The number of rotatable bonds is 36. The van der Waals surface area contributed by atoms with Crippen molar-refractivity contribution in [3.8, 4) is 0 Å². The monoisotopic (exact) mass is 2100 g/mol. The Morgan fingerprint density at radius 2 is 0.490 bits per heavy atom. The number of allylic oxidation sites excluding steroid dienone is 8. The summed E-state index contributed by atoms with van der Waals surface area (Å²) in [5.41, 5.74) is -0.285. The van der Waals surface area contributed by atoms with Gasteiger partial charge in [0.25, 0.3) is 0 Å². The highest BCUT2D eigenvalue weighted by Crippen LogP contribution is 2.54. The van der Waals surface area contributed by atoms with E-state index in [9.17, 15) is 80.5 Å². The molecule has 0 spiro atoms. The summed E-state index contributed by atoms with van der Waals surface area (Å²) in [6.07, 6.45) is 44.2. The van der Waals surface area contributed by atoms with Crippen LogP contribution in [-0.2, 0) is 57.1 Å². The summed E-state index contributed by atoms with van der Waals surface area (Å²) in [4.78, 5) is 50.3. The summed E-state index contributed by atoms with van der Waals surface area (Å²) in [5.74, 6) is 2.32. The predicted molar refractivity (Wildman–Crippen MR) is 598 cm³/mol. The van der Waals surface area contributed by atoms with Gasteiger partial charge in [-0.05, 0) is 251 Å². The first kappa shape index (κ1) is 135. The van der Waals surface area contributed by atoms with Crippen LogP contribution in [0.4, 0.5) is 0 Å². The molecule has 8 rings (SSSR count). The van der Waals surface area contributed by atoms with Gasteiger partial charge < -0.3 is 99.2 Å². The van der Waals surface area contributed by atoms with Gasteiger partial charge in [-0.25, -0.2) is 0 Å². The second-order valence-corrected chi connectivity index (χ2v) is 47.8. The Hall–Kier alpha value is -5.88. The minimum atomic E-state index is -0.959. The van der Waals surface area contributed by atoms with E-state index in [0.29, 0.717) is 122 Å². The SMILES string of the molecule is C.CC[C@H](OC)[C@@H](C)[C@H]1C[C@@H]1[C@@H](O)[C@@H](C)/C=C/C=C(\C)[C@H]1OC(=O)C[C@H](O)CC[C@@](C)(O)[C@@H](C)/C=C/[C@@H]1C.CC[C@H](OC)[C@@H](C)[C@H]1C[C@@H]1[C@@H](O)[C@H](C)/C=C/C=C(\C)[C@H]1OC(=O)C[C@H](O)CC[C@@](C)(O)[C@@H](C)/C=C/[C@@H]1C.CC[C@H](OC)[C@@H](C)[C@H]1C[C@@H]1[C@H](O)[C@@H](C)/C=C/C=C(\C)[C@H]1OC(=O)C[C@H](O)CC[C@@](C)(O)[C@@H](C)/C=C/[C@@H]1C.CC[C@H](OC)[C@@H](C)[C@H]1C[C@@H]1[C@H](O)[C@H](C)/C=C/C=C(\C)[C@H]1OC(=O)C[C@H](O)CC[C@@](C)(O)[C@@H](C)/C=C/[C@@H]1C. The molecule has 149 heavy (non-hydrogen) atoms. The summed E-state index contributed by atoms with van der Waals surface area (Å²) in [5, 5.41) is 128. The lowest BCUT2D eigenvalue weighted by Gasteiger charge is -2.31. The van der Waals surface area contributed by atoms with Crippen molar-refractivity contribution in [1.82, 2.24) is 0 Å². The third kappa shape index (κ3) is 43.2. The topological polar surface area (TPSA) is 385 Å². The van der Waals surface area contributed by atoms with E-state index in [0.717, 1.165) is 73.7 Å². The summed E-state index contributed by atoms with van der Waals surface area (Å²) < 4.78 is 45.7. The lowest BCUT2D eigenvalue weighted by molar-refractivity contribution is -0.152. The molecule has 856 valence electrons. The minimum absolute atomic E-state index is 0. The lowest BCUT2D eigenvalue weighted by Crippen LogP contribution is -2.34. The summed E-state index contributed by atoms with van der Waals surface area (Å²) in [7, 11) is 7.06. The van der Waals surface area contributed by atoms with Gasteiger partial charge in [0.2, 0.25) is 0 Å². The number of ether oxygens (including phenoxy) is 8. The third-order valence-electron chi connectivity index (χ3n) is 35.5. The van der Waals surface area contributed by atoms with E-state index >= 15 is 0 Å². The average molecular weight is 2100 g/mol. The second kappa shape index (κ2) is 64.1. The standard InChI is InChI=1S/4C31H52O6.CH4/c4*1-9-27(36-8)23(6)25-18-26(25)29(34)19(2)11-10-12-20(3)30-21(4)13-14-22(5)31(7,35)16-15-24(32)17-28(33)37-30;/h4*10-14,19,21-27,29-30,32,34-35H,9,15-18H2,1-8H3;1H4/b4*11-10+,14-13+,20-12+;/t19-,21+,22+,23+,24-,25-,26+,27+,29+,30-,31-;19-,21+,22+,23+,24-,25-,26+,27+,29-,30-,31-;19-,21-,22-,23-,24+,25+,26-,27-,29+,30+,31+;19-,21-,22-,23-,24+,25+,26-,27-,29-,30+,31+;/m1100./s1. The van der Waals surface area contributed by atoms with Crippen LogP contribution in [-0.4, -0.2) is 234 Å². The molecule has 0 unspecified atom stereocenters. The fraction of sp³-hybridized carbons (Fsp3) is 0.776. The van der Waals surface area contributed by atoms with Crippen LogP contribution in [0.1, 0.15) is 330 Å². The molecule has 24 heteroatoms. The van der Waals surface area contributed by atoms with E-state index in [1.807, 2.05) is 232 Å². The van der Waals surface area contributed by atoms with E-state index in [1.54, 1.807) is 56.1 Å². The molecule has 4 aliphatic carbocycles. The quantitative estimate of drug-likeness (QED) is 0.0120. The molecule has 4 fully saturated rings. The second-order valence-electron chi connectivity index (χ2n) is 47.8. The van der Waals surface area contributed by atoms with E-state index < -0.39 is 120 Å². The lowest BCUT2D eigenvalue weighted by atomic mass is 9.84. The molecule has 0 aromatic heterocycles. The van der Waals surface area contributed by atoms with Gasteiger partial charge in [-0.2, -0.15) is 0 Å². The van der Waals surface area contributed by atoms with Crippen LogP contribution in [0.2, 0.25) is 0 Å². The van der Waals surface area contributed by atoms with Gasteiger partial charge in [0.1, 0.15) is 24.4 Å². The molecule has 0 aromatic rings. The number of aliphatic hydroxyl groups is 12. The normalized spacial score (nSPS) is 37.9. The molecule has 0 bridgehead atoms. The van der Waals surface area contributed by atoms with Gasteiger partial charge in [-0.1, -0.05) is 267 Å². The molecule has 24 nitrogen and oxygen atoms in total. The van der Waals surface area contributed by atoms with Crippen molar-refractivity contribution in [2.45, 2.75) is 450 Å². The fourth-order valence-corrected chi connectivity index (χ4v) is 22.7. The Morgan fingerprint density at radius 1 is 0.322 bits per heavy atom. The molecular weight excluding hydrogens is 1890 g/mol. The van der Waals surface area contributed by atoms with Crippen molar-refractivity contribution >= 4 is 23.9 Å².